The van der Waals surface area contributed by atoms with Crippen molar-refractivity contribution < 1.29 is 14.6 Å². The van der Waals surface area contributed by atoms with Crippen LogP contribution in [-0.4, -0.2) is 28.8 Å². The number of hydrogen-bond donors (Lipinski definition) is 1. The van der Waals surface area contributed by atoms with Crippen molar-refractivity contribution in [2.75, 3.05) is 7.11 Å². The van der Waals surface area contributed by atoms with Crippen molar-refractivity contribution in [3.8, 4) is 11.5 Å². The lowest BCUT2D eigenvalue weighted by molar-refractivity contribution is -0.136. The molecule has 0 fully saturated rings. The van der Waals surface area contributed by atoms with Gasteiger partial charge in [0.1, 0.15) is 11.5 Å². The standard InChI is InChI=1S/C20H22N2O3/c1-13(2)20(24)22-18(16-9-4-5-10-19(16)23)12-17(21-22)14-7-6-8-15(11-14)25-3/h4-11,13,18,23H,12H2,1-3H3. The summed E-state index contributed by atoms with van der Waals surface area (Å²) in [5.41, 5.74) is 2.43. The largest absolute Gasteiger partial charge is 0.508 e. The minimum Gasteiger partial charge on any atom is -0.508 e. The van der Waals surface area contributed by atoms with Crippen molar-refractivity contribution in [2.24, 2.45) is 11.0 Å². The summed E-state index contributed by atoms with van der Waals surface area (Å²) in [5, 5.41) is 16.3. The molecule has 0 saturated carbocycles. The summed E-state index contributed by atoms with van der Waals surface area (Å²) in [6.07, 6.45) is 0.545. The summed E-state index contributed by atoms with van der Waals surface area (Å²) in [7, 11) is 1.62. The molecule has 0 radical (unpaired) electrons. The van der Waals surface area contributed by atoms with E-state index in [9.17, 15) is 9.90 Å². The second kappa shape index (κ2) is 6.97. The Balaban J connectivity index is 2.00. The number of phenolic OH excluding ortho intramolecular Hbond substituents is 1. The Hall–Kier alpha value is -2.82. The molecule has 1 aliphatic heterocycles. The second-order valence-electron chi connectivity index (χ2n) is 6.39. The third-order valence-corrected chi connectivity index (χ3v) is 4.33. The summed E-state index contributed by atoms with van der Waals surface area (Å²) in [6, 6.07) is 14.4. The zero-order valence-electron chi connectivity index (χ0n) is 14.6. The second-order valence-corrected chi connectivity index (χ2v) is 6.39. The lowest BCUT2D eigenvalue weighted by Crippen LogP contribution is -2.30. The van der Waals surface area contributed by atoms with Crippen LogP contribution >= 0.6 is 0 Å². The number of carbonyl (C=O) groups is 1. The number of amides is 1. The first-order valence-electron chi connectivity index (χ1n) is 8.34. The van der Waals surface area contributed by atoms with Crippen LogP contribution in [0.25, 0.3) is 0 Å². The van der Waals surface area contributed by atoms with Gasteiger partial charge >= 0.3 is 0 Å². The molecular weight excluding hydrogens is 316 g/mol. The van der Waals surface area contributed by atoms with Gasteiger partial charge in [0.25, 0.3) is 0 Å². The van der Waals surface area contributed by atoms with Crippen LogP contribution in [0.4, 0.5) is 0 Å². The topological polar surface area (TPSA) is 62.1 Å². The quantitative estimate of drug-likeness (QED) is 0.924. The first-order valence-corrected chi connectivity index (χ1v) is 8.34. The normalized spacial score (nSPS) is 16.9. The Kier molecular flexibility index (Phi) is 4.74. The van der Waals surface area contributed by atoms with Crippen LogP contribution in [0.2, 0.25) is 0 Å². The number of nitrogens with zero attached hydrogens (tertiary/aromatic N) is 2. The molecule has 1 aliphatic rings. The van der Waals surface area contributed by atoms with Crippen LogP contribution in [0.1, 0.15) is 37.4 Å². The Morgan fingerprint density at radius 1 is 1.24 bits per heavy atom. The molecule has 5 nitrogen and oxygen atoms in total. The Labute approximate surface area is 147 Å². The zero-order chi connectivity index (χ0) is 18.0. The van der Waals surface area contributed by atoms with Crippen LogP contribution in [0.3, 0.4) is 0 Å². The first kappa shape index (κ1) is 17.0. The fraction of sp³-hybridized carbons (Fsp3) is 0.300. The Morgan fingerprint density at radius 2 is 2.00 bits per heavy atom. The monoisotopic (exact) mass is 338 g/mol. The van der Waals surface area contributed by atoms with Gasteiger partial charge < -0.3 is 9.84 Å². The molecule has 0 aromatic heterocycles. The number of phenols is 1. The van der Waals surface area contributed by atoms with Crippen LogP contribution in [0, 0.1) is 5.92 Å². The molecule has 25 heavy (non-hydrogen) atoms. The first-order chi connectivity index (χ1) is 12.0. The third kappa shape index (κ3) is 3.36. The van der Waals surface area contributed by atoms with Gasteiger partial charge in [0, 0.05) is 23.5 Å². The molecule has 130 valence electrons. The summed E-state index contributed by atoms with van der Waals surface area (Å²) >= 11 is 0. The number of carbonyl (C=O) groups excluding carboxylic acids is 1. The van der Waals surface area contributed by atoms with Crippen molar-refractivity contribution in [2.45, 2.75) is 26.3 Å². The highest BCUT2D eigenvalue weighted by atomic mass is 16.5. The highest BCUT2D eigenvalue weighted by molar-refractivity contribution is 6.03. The predicted molar refractivity (Wildman–Crippen MR) is 96.7 cm³/mol. The van der Waals surface area contributed by atoms with Gasteiger partial charge in [0.2, 0.25) is 5.91 Å². The van der Waals surface area contributed by atoms with Gasteiger partial charge in [-0.3, -0.25) is 4.79 Å². The Morgan fingerprint density at radius 3 is 2.68 bits per heavy atom. The average molecular weight is 338 g/mol. The highest BCUT2D eigenvalue weighted by Crippen LogP contribution is 2.37. The highest BCUT2D eigenvalue weighted by Gasteiger charge is 2.35. The smallest absolute Gasteiger partial charge is 0.245 e. The van der Waals surface area contributed by atoms with Gasteiger partial charge in [-0.05, 0) is 18.2 Å². The van der Waals surface area contributed by atoms with Gasteiger partial charge in [0.15, 0.2) is 0 Å². The molecule has 2 aromatic rings. The van der Waals surface area contributed by atoms with E-state index in [1.165, 1.54) is 5.01 Å². The Bertz CT molecular complexity index is 814. The van der Waals surface area contributed by atoms with E-state index < -0.39 is 0 Å². The van der Waals surface area contributed by atoms with Gasteiger partial charge in [-0.15, -0.1) is 0 Å². The number of benzene rings is 2. The molecule has 1 amide bonds. The minimum atomic E-state index is -0.308. The van der Waals surface area contributed by atoms with Crippen LogP contribution in [0.15, 0.2) is 53.6 Å². The zero-order valence-corrected chi connectivity index (χ0v) is 14.6. The predicted octanol–water partition coefficient (Wildman–Crippen LogP) is 3.73. The number of ether oxygens (including phenoxy) is 1. The summed E-state index contributed by atoms with van der Waals surface area (Å²) in [4.78, 5) is 12.7. The maximum Gasteiger partial charge on any atom is 0.245 e. The maximum absolute atomic E-state index is 12.7. The van der Waals surface area contributed by atoms with E-state index in [4.69, 9.17) is 4.74 Å². The molecule has 1 atom stereocenters. The molecule has 0 spiro atoms. The van der Waals surface area contributed by atoms with Crippen molar-refractivity contribution >= 4 is 11.6 Å². The van der Waals surface area contributed by atoms with E-state index in [1.807, 2.05) is 50.2 Å². The lowest BCUT2D eigenvalue weighted by Gasteiger charge is -2.24. The maximum atomic E-state index is 12.7. The number of methoxy groups -OCH3 is 1. The van der Waals surface area contributed by atoms with Crippen LogP contribution < -0.4 is 4.74 Å². The molecule has 0 bridgehead atoms. The fourth-order valence-corrected chi connectivity index (χ4v) is 2.97. The van der Waals surface area contributed by atoms with Crippen molar-refractivity contribution in [3.05, 3.63) is 59.7 Å². The van der Waals surface area contributed by atoms with E-state index in [0.717, 1.165) is 17.0 Å². The molecular formula is C20H22N2O3. The van der Waals surface area contributed by atoms with Crippen molar-refractivity contribution in [1.82, 2.24) is 5.01 Å². The van der Waals surface area contributed by atoms with E-state index in [0.29, 0.717) is 12.0 Å². The lowest BCUT2D eigenvalue weighted by atomic mass is 9.97. The molecule has 5 heteroatoms. The minimum absolute atomic E-state index is 0.0638. The van der Waals surface area contributed by atoms with E-state index >= 15 is 0 Å². The molecule has 0 aliphatic carbocycles. The van der Waals surface area contributed by atoms with E-state index in [1.54, 1.807) is 19.2 Å². The summed E-state index contributed by atoms with van der Waals surface area (Å²) in [5.74, 6) is 0.678. The van der Waals surface area contributed by atoms with Gasteiger partial charge in [-0.2, -0.15) is 5.10 Å². The van der Waals surface area contributed by atoms with Crippen molar-refractivity contribution in [1.29, 1.82) is 0 Å². The molecule has 0 saturated heterocycles. The van der Waals surface area contributed by atoms with Crippen LogP contribution in [0.5, 0.6) is 11.5 Å². The molecule has 1 heterocycles. The SMILES string of the molecule is COc1cccc(C2=NN(C(=O)C(C)C)C(c3ccccc3O)C2)c1. The van der Waals surface area contributed by atoms with Gasteiger partial charge in [0.05, 0.1) is 18.9 Å². The molecule has 1 unspecified atom stereocenters. The summed E-state index contributed by atoms with van der Waals surface area (Å²) < 4.78 is 5.28. The van der Waals surface area contributed by atoms with E-state index in [2.05, 4.69) is 5.10 Å². The molecule has 2 aromatic carbocycles. The number of para-hydroxylation sites is 1. The van der Waals surface area contributed by atoms with Gasteiger partial charge in [-0.1, -0.05) is 44.2 Å². The van der Waals surface area contributed by atoms with Crippen LogP contribution in [-0.2, 0) is 4.79 Å². The number of hydrazone groups is 1. The number of aromatic hydroxyl groups is 1. The average Bonchev–Trinajstić information content (AvgIpc) is 3.06. The number of rotatable bonds is 4. The third-order valence-electron chi connectivity index (χ3n) is 4.33. The molecule has 3 rings (SSSR count). The number of hydrogen-bond acceptors (Lipinski definition) is 4. The molecule has 1 N–H and O–H groups in total. The van der Waals surface area contributed by atoms with E-state index in [-0.39, 0.29) is 23.6 Å². The fourth-order valence-electron chi connectivity index (χ4n) is 2.97. The van der Waals surface area contributed by atoms with Gasteiger partial charge in [-0.25, -0.2) is 5.01 Å². The van der Waals surface area contributed by atoms with Crippen molar-refractivity contribution in [3.63, 3.8) is 0 Å². The summed E-state index contributed by atoms with van der Waals surface area (Å²) in [6.45, 7) is 3.70.